The van der Waals surface area contributed by atoms with Crippen LogP contribution in [0.3, 0.4) is 0 Å². The molecule has 0 aliphatic carbocycles. The van der Waals surface area contributed by atoms with Gasteiger partial charge in [-0.1, -0.05) is 32.9 Å². The van der Waals surface area contributed by atoms with Gasteiger partial charge in [0.2, 0.25) is 17.7 Å². The van der Waals surface area contributed by atoms with Crippen molar-refractivity contribution in [3.63, 3.8) is 0 Å². The second-order valence-corrected chi connectivity index (χ2v) is 12.8. The predicted octanol–water partition coefficient (Wildman–Crippen LogP) is 2.86. The summed E-state index contributed by atoms with van der Waals surface area (Å²) < 4.78 is 6.83. The average molecular weight is 518 g/mol. The third-order valence-electron chi connectivity index (χ3n) is 8.77. The molecular formula is C29H47N3O5. The molecule has 1 N–H and O–H groups in total. The van der Waals surface area contributed by atoms with Crippen molar-refractivity contribution in [2.75, 3.05) is 26.7 Å². The monoisotopic (exact) mass is 517 g/mol. The number of carbonyl (C=O) groups excluding carboxylic acids is 3. The first-order chi connectivity index (χ1) is 17.1. The lowest BCUT2D eigenvalue weighted by molar-refractivity contribution is -0.160. The van der Waals surface area contributed by atoms with Gasteiger partial charge in [0, 0.05) is 25.7 Å². The van der Waals surface area contributed by atoms with E-state index in [-0.39, 0.29) is 36.2 Å². The van der Waals surface area contributed by atoms with Gasteiger partial charge in [0.05, 0.1) is 30.1 Å². The minimum absolute atomic E-state index is 0.0435. The molecule has 3 heterocycles. The molecule has 1 spiro atoms. The molecule has 0 aromatic carbocycles. The topological polar surface area (TPSA) is 90.4 Å². The number of carbonyl (C=O) groups is 3. The predicted molar refractivity (Wildman–Crippen MR) is 143 cm³/mol. The van der Waals surface area contributed by atoms with E-state index in [0.717, 1.165) is 0 Å². The smallest absolute Gasteiger partial charge is 0.249 e. The van der Waals surface area contributed by atoms with Crippen molar-refractivity contribution in [2.45, 2.75) is 90.1 Å². The minimum atomic E-state index is -1.15. The van der Waals surface area contributed by atoms with Crippen molar-refractivity contribution in [1.82, 2.24) is 14.7 Å². The molecule has 3 aliphatic heterocycles. The maximum atomic E-state index is 14.5. The normalized spacial score (nSPS) is 33.5. The molecule has 208 valence electrons. The van der Waals surface area contributed by atoms with Crippen LogP contribution in [0, 0.1) is 23.7 Å². The Kier molecular flexibility index (Phi) is 8.08. The highest BCUT2D eigenvalue weighted by atomic mass is 16.5. The summed E-state index contributed by atoms with van der Waals surface area (Å²) >= 11 is 0. The van der Waals surface area contributed by atoms with Crippen molar-refractivity contribution in [3.05, 3.63) is 25.3 Å². The van der Waals surface area contributed by atoms with Gasteiger partial charge in [0.25, 0.3) is 0 Å². The second-order valence-electron chi connectivity index (χ2n) is 12.8. The molecule has 0 saturated carbocycles. The van der Waals surface area contributed by atoms with E-state index in [4.69, 9.17) is 4.74 Å². The van der Waals surface area contributed by atoms with Gasteiger partial charge >= 0.3 is 0 Å². The summed E-state index contributed by atoms with van der Waals surface area (Å²) in [6.45, 7) is 21.9. The van der Waals surface area contributed by atoms with E-state index in [2.05, 4.69) is 13.2 Å². The lowest BCUT2D eigenvalue weighted by Gasteiger charge is -2.43. The molecule has 0 aromatic rings. The van der Waals surface area contributed by atoms with Crippen molar-refractivity contribution >= 4 is 17.7 Å². The zero-order valence-electron chi connectivity index (χ0n) is 24.0. The van der Waals surface area contributed by atoms with Crippen molar-refractivity contribution in [2.24, 2.45) is 23.7 Å². The van der Waals surface area contributed by atoms with E-state index in [1.165, 1.54) is 0 Å². The molecular weight excluding hydrogens is 470 g/mol. The molecule has 0 radical (unpaired) electrons. The molecule has 37 heavy (non-hydrogen) atoms. The Balaban J connectivity index is 2.22. The molecule has 0 aromatic heterocycles. The van der Waals surface area contributed by atoms with Gasteiger partial charge in [-0.15, -0.1) is 13.2 Å². The Hall–Kier alpha value is -2.19. The van der Waals surface area contributed by atoms with Gasteiger partial charge in [-0.25, -0.2) is 0 Å². The van der Waals surface area contributed by atoms with Gasteiger partial charge in [-0.05, 0) is 52.4 Å². The van der Waals surface area contributed by atoms with Crippen LogP contribution in [0.5, 0.6) is 0 Å². The summed E-state index contributed by atoms with van der Waals surface area (Å²) in [6, 6.07) is -1.49. The molecule has 3 unspecified atom stereocenters. The summed E-state index contributed by atoms with van der Waals surface area (Å²) in [5.74, 6) is -2.05. The summed E-state index contributed by atoms with van der Waals surface area (Å²) in [5, 5.41) is 10.5. The van der Waals surface area contributed by atoms with Gasteiger partial charge in [0.15, 0.2) is 0 Å². The molecule has 3 rings (SSSR count). The van der Waals surface area contributed by atoms with Gasteiger partial charge in [0.1, 0.15) is 11.6 Å². The molecule has 3 aliphatic rings. The van der Waals surface area contributed by atoms with Gasteiger partial charge < -0.3 is 24.5 Å². The summed E-state index contributed by atoms with van der Waals surface area (Å²) in [4.78, 5) is 47.6. The molecule has 8 heteroatoms. The van der Waals surface area contributed by atoms with Crippen molar-refractivity contribution < 1.29 is 24.2 Å². The van der Waals surface area contributed by atoms with Crippen LogP contribution in [0.25, 0.3) is 0 Å². The lowest BCUT2D eigenvalue weighted by atomic mass is 9.62. The molecule has 3 saturated heterocycles. The quantitative estimate of drug-likeness (QED) is 0.450. The maximum absolute atomic E-state index is 14.5. The maximum Gasteiger partial charge on any atom is 0.249 e. The number of ether oxygens (including phenoxy) is 1. The summed E-state index contributed by atoms with van der Waals surface area (Å²) in [5.41, 5.74) is -2.56. The fraction of sp³-hybridized carbons (Fsp3) is 0.759. The third kappa shape index (κ3) is 4.54. The molecule has 8 nitrogen and oxygen atoms in total. The molecule has 3 fully saturated rings. The van der Waals surface area contributed by atoms with E-state index in [1.807, 2.05) is 48.5 Å². The van der Waals surface area contributed by atoms with Crippen LogP contribution >= 0.6 is 0 Å². The fourth-order valence-corrected chi connectivity index (χ4v) is 7.04. The first-order valence-electron chi connectivity index (χ1n) is 13.5. The number of likely N-dealkylation sites (N-methyl/N-ethyl adjacent to an activating group) is 1. The molecule has 7 atom stereocenters. The van der Waals surface area contributed by atoms with E-state index >= 15 is 0 Å². The largest absolute Gasteiger partial charge is 0.394 e. The van der Waals surface area contributed by atoms with E-state index in [0.29, 0.717) is 25.9 Å². The fourth-order valence-electron chi connectivity index (χ4n) is 7.04. The van der Waals surface area contributed by atoms with E-state index in [1.54, 1.807) is 33.9 Å². The number of nitrogens with zero attached hydrogens (tertiary/aromatic N) is 3. The highest BCUT2D eigenvalue weighted by Crippen LogP contribution is 2.66. The Morgan fingerprint density at radius 3 is 2.30 bits per heavy atom. The Morgan fingerprint density at radius 2 is 1.81 bits per heavy atom. The van der Waals surface area contributed by atoms with Gasteiger partial charge in [-0.2, -0.15) is 0 Å². The number of amides is 3. The second kappa shape index (κ2) is 10.2. The van der Waals surface area contributed by atoms with Crippen LogP contribution < -0.4 is 0 Å². The number of fused-ring (bicyclic) bond motifs is 1. The van der Waals surface area contributed by atoms with Crippen LogP contribution in [0.15, 0.2) is 25.3 Å². The first kappa shape index (κ1) is 29.4. The standard InChI is InChI=1S/C29H47N3O5/c1-11-13-30(10)24(34)21-22-25(35)32(20(17-33)15-18(3)4)23(26(36)31(14-12-2)27(6,7)8)29(22)16-19(5)28(21,9)37-29/h11-12,18-23,33H,1-2,13-17H2,3-10H3/t19?,20-,21+,22+,23?,28-,29?/m1/s1. The number of hydrogen-bond acceptors (Lipinski definition) is 5. The van der Waals surface area contributed by atoms with Crippen molar-refractivity contribution in [1.29, 1.82) is 0 Å². The van der Waals surface area contributed by atoms with E-state index < -0.39 is 40.7 Å². The SMILES string of the molecule is C=CCN(C)C(=O)[C@@H]1[C@H]2C(=O)N([C@@H](CO)CC(C)C)C(C(=O)N(CC=C)C(C)(C)C)C23CC(C)[C@@]1(C)O3. The molecule has 3 amide bonds. The lowest BCUT2D eigenvalue weighted by Crippen LogP contribution is -2.61. The van der Waals surface area contributed by atoms with Crippen LogP contribution in [0.2, 0.25) is 0 Å². The Bertz CT molecular complexity index is 942. The zero-order chi connectivity index (χ0) is 28.1. The number of hydrogen-bond donors (Lipinski definition) is 1. The van der Waals surface area contributed by atoms with Gasteiger partial charge in [-0.3, -0.25) is 14.4 Å². The highest BCUT2D eigenvalue weighted by molar-refractivity contribution is 5.99. The van der Waals surface area contributed by atoms with Crippen LogP contribution in [0.4, 0.5) is 0 Å². The number of rotatable bonds is 10. The zero-order valence-corrected chi connectivity index (χ0v) is 24.0. The average Bonchev–Trinajstić information content (AvgIpc) is 3.31. The minimum Gasteiger partial charge on any atom is -0.394 e. The van der Waals surface area contributed by atoms with E-state index in [9.17, 15) is 19.5 Å². The van der Waals surface area contributed by atoms with Crippen LogP contribution in [-0.2, 0) is 19.1 Å². The third-order valence-corrected chi connectivity index (χ3v) is 8.77. The summed E-state index contributed by atoms with van der Waals surface area (Å²) in [6.07, 6.45) is 4.37. The highest BCUT2D eigenvalue weighted by Gasteiger charge is 2.80. The van der Waals surface area contributed by atoms with Crippen LogP contribution in [0.1, 0.15) is 61.3 Å². The number of aliphatic hydroxyl groups is 1. The molecule has 2 bridgehead atoms. The Morgan fingerprint density at radius 1 is 1.22 bits per heavy atom. The Labute approximate surface area is 222 Å². The number of likely N-dealkylation sites (tertiary alicyclic amines) is 1. The first-order valence-corrected chi connectivity index (χ1v) is 13.5. The van der Waals surface area contributed by atoms with Crippen molar-refractivity contribution in [3.8, 4) is 0 Å². The summed E-state index contributed by atoms with van der Waals surface area (Å²) in [7, 11) is 1.71. The van der Waals surface area contributed by atoms with Crippen LogP contribution in [-0.4, -0.2) is 93.1 Å². The number of aliphatic hydroxyl groups excluding tert-OH is 1.